The maximum absolute atomic E-state index is 5.82. The second kappa shape index (κ2) is 8.92. The summed E-state index contributed by atoms with van der Waals surface area (Å²) in [6.45, 7) is 5.80. The van der Waals surface area contributed by atoms with Gasteiger partial charge in [0.25, 0.3) is 0 Å². The Kier molecular flexibility index (Phi) is 7.42. The summed E-state index contributed by atoms with van der Waals surface area (Å²) in [6, 6.07) is 4.03. The fourth-order valence-electron chi connectivity index (χ4n) is 1.91. The molecular weight excluding hydrogens is 224 g/mol. The van der Waals surface area contributed by atoms with Crippen LogP contribution in [0.5, 0.6) is 5.75 Å². The summed E-state index contributed by atoms with van der Waals surface area (Å²) in [7, 11) is 1.93. The highest BCUT2D eigenvalue weighted by molar-refractivity contribution is 5.29. The number of aryl methyl sites for hydroxylation is 1. The standard InChI is InChI=1S/C15H26N2O/c1-4-5-6-7-8-11-18-15-10-9-13(2)17-14(15)12-16-3/h9-10,16H,4-8,11-12H2,1-3H3. The van der Waals surface area contributed by atoms with E-state index in [2.05, 4.69) is 17.2 Å². The first kappa shape index (κ1) is 15.0. The SMILES string of the molecule is CCCCCCCOc1ccc(C)nc1CNC. The Bertz CT molecular complexity index is 339. The lowest BCUT2D eigenvalue weighted by Crippen LogP contribution is -2.10. The van der Waals surface area contributed by atoms with Gasteiger partial charge in [-0.15, -0.1) is 0 Å². The molecule has 18 heavy (non-hydrogen) atoms. The van der Waals surface area contributed by atoms with E-state index in [9.17, 15) is 0 Å². The van der Waals surface area contributed by atoms with Crippen molar-refractivity contribution in [1.29, 1.82) is 0 Å². The lowest BCUT2D eigenvalue weighted by Gasteiger charge is -2.11. The third-order valence-corrected chi connectivity index (χ3v) is 2.92. The Morgan fingerprint density at radius 3 is 2.67 bits per heavy atom. The van der Waals surface area contributed by atoms with Crippen molar-refractivity contribution in [3.8, 4) is 5.75 Å². The van der Waals surface area contributed by atoms with Crippen molar-refractivity contribution in [2.24, 2.45) is 0 Å². The normalized spacial score (nSPS) is 10.6. The van der Waals surface area contributed by atoms with Gasteiger partial charge in [-0.1, -0.05) is 32.6 Å². The van der Waals surface area contributed by atoms with E-state index in [1.807, 2.05) is 26.1 Å². The number of hydrogen-bond donors (Lipinski definition) is 1. The minimum atomic E-state index is 0.757. The first-order chi connectivity index (χ1) is 8.77. The van der Waals surface area contributed by atoms with Crippen molar-refractivity contribution in [2.75, 3.05) is 13.7 Å². The van der Waals surface area contributed by atoms with E-state index in [4.69, 9.17) is 4.74 Å². The summed E-state index contributed by atoms with van der Waals surface area (Å²) >= 11 is 0. The van der Waals surface area contributed by atoms with Crippen LogP contribution in [-0.2, 0) is 6.54 Å². The smallest absolute Gasteiger partial charge is 0.142 e. The molecule has 0 saturated heterocycles. The predicted octanol–water partition coefficient (Wildman–Crippen LogP) is 3.46. The summed E-state index contributed by atoms with van der Waals surface area (Å²) in [5, 5.41) is 3.13. The van der Waals surface area contributed by atoms with Crippen LogP contribution in [0.15, 0.2) is 12.1 Å². The molecule has 0 spiro atoms. The second-order valence-electron chi connectivity index (χ2n) is 4.69. The summed E-state index contributed by atoms with van der Waals surface area (Å²) in [5.74, 6) is 0.922. The van der Waals surface area contributed by atoms with Gasteiger partial charge in [0.1, 0.15) is 5.75 Å². The topological polar surface area (TPSA) is 34.1 Å². The number of rotatable bonds is 9. The fourth-order valence-corrected chi connectivity index (χ4v) is 1.91. The molecule has 0 radical (unpaired) electrons. The van der Waals surface area contributed by atoms with Crippen LogP contribution in [0, 0.1) is 6.92 Å². The molecule has 1 N–H and O–H groups in total. The highest BCUT2D eigenvalue weighted by Crippen LogP contribution is 2.17. The molecule has 3 heteroatoms. The number of nitrogens with zero attached hydrogens (tertiary/aromatic N) is 1. The minimum Gasteiger partial charge on any atom is -0.492 e. The highest BCUT2D eigenvalue weighted by Gasteiger charge is 2.04. The molecule has 1 rings (SSSR count). The quantitative estimate of drug-likeness (QED) is 0.682. The Hall–Kier alpha value is -1.09. The number of ether oxygens (including phenoxy) is 1. The van der Waals surface area contributed by atoms with E-state index >= 15 is 0 Å². The monoisotopic (exact) mass is 250 g/mol. The third kappa shape index (κ3) is 5.50. The van der Waals surface area contributed by atoms with Crippen molar-refractivity contribution in [3.05, 3.63) is 23.5 Å². The van der Waals surface area contributed by atoms with Crippen LogP contribution in [0.2, 0.25) is 0 Å². The lowest BCUT2D eigenvalue weighted by atomic mass is 10.2. The van der Waals surface area contributed by atoms with Gasteiger partial charge in [0.15, 0.2) is 0 Å². The van der Waals surface area contributed by atoms with Crippen molar-refractivity contribution in [3.63, 3.8) is 0 Å². The number of nitrogens with one attached hydrogen (secondary N) is 1. The van der Waals surface area contributed by atoms with Crippen LogP contribution in [-0.4, -0.2) is 18.6 Å². The molecule has 0 aliphatic rings. The van der Waals surface area contributed by atoms with Gasteiger partial charge in [-0.2, -0.15) is 0 Å². The maximum Gasteiger partial charge on any atom is 0.142 e. The molecule has 1 aromatic heterocycles. The molecule has 0 bridgehead atoms. The third-order valence-electron chi connectivity index (χ3n) is 2.92. The first-order valence-corrected chi connectivity index (χ1v) is 7.01. The molecule has 0 saturated carbocycles. The molecule has 0 unspecified atom stereocenters. The van der Waals surface area contributed by atoms with Crippen LogP contribution in [0.3, 0.4) is 0 Å². The number of pyridine rings is 1. The Labute approximate surface area is 111 Å². The van der Waals surface area contributed by atoms with Crippen molar-refractivity contribution in [2.45, 2.75) is 52.5 Å². The first-order valence-electron chi connectivity index (χ1n) is 7.01. The summed E-state index contributed by atoms with van der Waals surface area (Å²) in [6.07, 6.45) is 6.32. The van der Waals surface area contributed by atoms with Crippen molar-refractivity contribution < 1.29 is 4.74 Å². The average Bonchev–Trinajstić information content (AvgIpc) is 2.36. The van der Waals surface area contributed by atoms with Crippen molar-refractivity contribution in [1.82, 2.24) is 10.3 Å². The number of aromatic nitrogens is 1. The molecule has 0 fully saturated rings. The van der Waals surface area contributed by atoms with E-state index in [1.54, 1.807) is 0 Å². The Morgan fingerprint density at radius 1 is 1.17 bits per heavy atom. The fraction of sp³-hybridized carbons (Fsp3) is 0.667. The molecule has 0 aliphatic heterocycles. The van der Waals surface area contributed by atoms with E-state index < -0.39 is 0 Å². The molecule has 0 atom stereocenters. The van der Waals surface area contributed by atoms with Gasteiger partial charge in [-0.05, 0) is 32.5 Å². The van der Waals surface area contributed by atoms with Gasteiger partial charge >= 0.3 is 0 Å². The second-order valence-corrected chi connectivity index (χ2v) is 4.69. The highest BCUT2D eigenvalue weighted by atomic mass is 16.5. The van der Waals surface area contributed by atoms with Gasteiger partial charge in [-0.3, -0.25) is 4.98 Å². The summed E-state index contributed by atoms with van der Waals surface area (Å²) in [5.41, 5.74) is 2.04. The van der Waals surface area contributed by atoms with Crippen LogP contribution in [0.1, 0.15) is 50.4 Å². The Morgan fingerprint density at radius 2 is 1.94 bits per heavy atom. The molecule has 1 heterocycles. The summed E-state index contributed by atoms with van der Waals surface area (Å²) in [4.78, 5) is 4.50. The van der Waals surface area contributed by atoms with Crippen LogP contribution >= 0.6 is 0 Å². The van der Waals surface area contributed by atoms with Gasteiger partial charge in [0, 0.05) is 12.2 Å². The molecule has 0 aromatic carbocycles. The zero-order valence-electron chi connectivity index (χ0n) is 12.0. The van der Waals surface area contributed by atoms with Gasteiger partial charge in [0.05, 0.1) is 12.3 Å². The van der Waals surface area contributed by atoms with Crippen molar-refractivity contribution >= 4 is 0 Å². The number of hydrogen-bond acceptors (Lipinski definition) is 3. The van der Waals surface area contributed by atoms with E-state index in [0.717, 1.165) is 36.7 Å². The van der Waals surface area contributed by atoms with Gasteiger partial charge < -0.3 is 10.1 Å². The minimum absolute atomic E-state index is 0.757. The van der Waals surface area contributed by atoms with E-state index in [-0.39, 0.29) is 0 Å². The molecule has 3 nitrogen and oxygen atoms in total. The van der Waals surface area contributed by atoms with Crippen LogP contribution in [0.4, 0.5) is 0 Å². The summed E-state index contributed by atoms with van der Waals surface area (Å²) < 4.78 is 5.82. The molecule has 1 aromatic rings. The average molecular weight is 250 g/mol. The van der Waals surface area contributed by atoms with E-state index in [0.29, 0.717) is 0 Å². The molecule has 0 aliphatic carbocycles. The zero-order valence-corrected chi connectivity index (χ0v) is 12.0. The van der Waals surface area contributed by atoms with E-state index in [1.165, 1.54) is 25.7 Å². The molecule has 102 valence electrons. The molecule has 0 amide bonds. The molecular formula is C15H26N2O. The van der Waals surface area contributed by atoms with Crippen LogP contribution < -0.4 is 10.1 Å². The largest absolute Gasteiger partial charge is 0.492 e. The lowest BCUT2D eigenvalue weighted by molar-refractivity contribution is 0.299. The maximum atomic E-state index is 5.82. The number of unbranched alkanes of at least 4 members (excludes halogenated alkanes) is 4. The van der Waals surface area contributed by atoms with Crippen LogP contribution in [0.25, 0.3) is 0 Å². The zero-order chi connectivity index (χ0) is 13.2. The Balaban J connectivity index is 2.36. The predicted molar refractivity (Wildman–Crippen MR) is 76.0 cm³/mol. The van der Waals surface area contributed by atoms with Gasteiger partial charge in [0.2, 0.25) is 0 Å². The van der Waals surface area contributed by atoms with Gasteiger partial charge in [-0.25, -0.2) is 0 Å².